The zero-order chi connectivity index (χ0) is 23.1. The Morgan fingerprint density at radius 1 is 0.903 bits per heavy atom. The number of ether oxygens (including phenoxy) is 3. The highest BCUT2D eigenvalue weighted by atomic mass is 16.5. The van der Waals surface area contributed by atoms with Crippen LogP contribution in [0, 0.1) is 6.92 Å². The van der Waals surface area contributed by atoms with Crippen molar-refractivity contribution in [1.29, 1.82) is 0 Å². The predicted molar refractivity (Wildman–Crippen MR) is 112 cm³/mol. The van der Waals surface area contributed by atoms with Crippen molar-refractivity contribution in [2.75, 3.05) is 38.1 Å². The summed E-state index contributed by atoms with van der Waals surface area (Å²) in [5.74, 6) is -4.52. The minimum atomic E-state index is -2.79. The van der Waals surface area contributed by atoms with Gasteiger partial charge in [-0.25, -0.2) is 4.98 Å². The van der Waals surface area contributed by atoms with E-state index < -0.39 is 23.1 Å². The number of benzene rings is 2. The number of nitrogens with zero attached hydrogens (tertiary/aromatic N) is 2. The number of aryl methyl sites for hydroxylation is 1. The molecule has 166 valence electrons. The van der Waals surface area contributed by atoms with Gasteiger partial charge < -0.3 is 51.4 Å². The Labute approximate surface area is 176 Å². The number of nitrogen functional groups attached to an aromatic ring is 2. The third-order valence-electron chi connectivity index (χ3n) is 4.77. The van der Waals surface area contributed by atoms with E-state index >= 15 is 0 Å². The van der Waals surface area contributed by atoms with Crippen LogP contribution >= 0.6 is 0 Å². The zero-order valence-corrected chi connectivity index (χ0v) is 17.2. The van der Waals surface area contributed by atoms with E-state index in [1.807, 2.05) is 0 Å². The number of hydrogen-bond donors (Lipinski definition) is 7. The molecule has 0 aliphatic carbocycles. The average molecular weight is 433 g/mol. The topological polar surface area (TPSA) is 198 Å². The zero-order valence-electron chi connectivity index (χ0n) is 17.2. The molecule has 0 bridgehead atoms. The molecular weight excluding hydrogens is 410 g/mol. The van der Waals surface area contributed by atoms with Gasteiger partial charge in [0, 0.05) is 10.9 Å². The second-order valence-corrected chi connectivity index (χ2v) is 6.57. The van der Waals surface area contributed by atoms with E-state index in [1.165, 1.54) is 33.5 Å². The number of phenolic OH excluding ortho intramolecular Hbond substituents is 2. The average Bonchev–Trinajstić information content (AvgIpc) is 2.70. The van der Waals surface area contributed by atoms with Crippen molar-refractivity contribution >= 4 is 28.4 Å². The van der Waals surface area contributed by atoms with Crippen molar-refractivity contribution < 1.29 is 34.6 Å². The SMILES string of the molecule is COc1c(O)c(NC(O)(O)c2ccc3nc(N)nc(N)c3c2C)c(O)c(OC)c1OC. The Hall–Kier alpha value is -3.90. The quantitative estimate of drug-likeness (QED) is 0.213. The second kappa shape index (κ2) is 7.74. The lowest BCUT2D eigenvalue weighted by Crippen LogP contribution is -2.35. The Morgan fingerprint density at radius 3 is 1.97 bits per heavy atom. The van der Waals surface area contributed by atoms with Crippen molar-refractivity contribution in [3.8, 4) is 28.7 Å². The van der Waals surface area contributed by atoms with Crippen LogP contribution in [0.3, 0.4) is 0 Å². The van der Waals surface area contributed by atoms with Crippen LogP contribution in [-0.4, -0.2) is 51.7 Å². The fourth-order valence-corrected chi connectivity index (χ4v) is 3.40. The second-order valence-electron chi connectivity index (χ2n) is 6.57. The smallest absolute Gasteiger partial charge is 0.273 e. The van der Waals surface area contributed by atoms with Crippen molar-refractivity contribution in [3.63, 3.8) is 0 Å². The maximum Gasteiger partial charge on any atom is 0.273 e. The van der Waals surface area contributed by atoms with E-state index in [1.54, 1.807) is 6.92 Å². The third kappa shape index (κ3) is 3.47. The van der Waals surface area contributed by atoms with Gasteiger partial charge >= 0.3 is 0 Å². The first-order valence-corrected chi connectivity index (χ1v) is 8.86. The molecule has 0 unspecified atom stereocenters. The van der Waals surface area contributed by atoms with E-state index in [-0.39, 0.29) is 34.6 Å². The van der Waals surface area contributed by atoms with Crippen molar-refractivity contribution in [2.24, 2.45) is 0 Å². The molecule has 9 N–H and O–H groups in total. The fourth-order valence-electron chi connectivity index (χ4n) is 3.40. The maximum absolute atomic E-state index is 10.8. The van der Waals surface area contributed by atoms with Gasteiger partial charge in [-0.15, -0.1) is 0 Å². The molecule has 0 saturated heterocycles. The number of aromatic hydroxyl groups is 2. The molecule has 0 spiro atoms. The van der Waals surface area contributed by atoms with Crippen molar-refractivity contribution in [1.82, 2.24) is 9.97 Å². The lowest BCUT2D eigenvalue weighted by atomic mass is 10.00. The van der Waals surface area contributed by atoms with E-state index in [0.29, 0.717) is 16.5 Å². The summed E-state index contributed by atoms with van der Waals surface area (Å²) in [6.07, 6.45) is 0. The van der Waals surface area contributed by atoms with Gasteiger partial charge in [-0.05, 0) is 24.6 Å². The summed E-state index contributed by atoms with van der Waals surface area (Å²) >= 11 is 0. The highest BCUT2D eigenvalue weighted by Crippen LogP contribution is 2.56. The van der Waals surface area contributed by atoms with E-state index in [9.17, 15) is 20.4 Å². The van der Waals surface area contributed by atoms with Gasteiger partial charge in [0.2, 0.25) is 23.2 Å². The Bertz CT molecular complexity index is 1140. The number of hydrogen-bond acceptors (Lipinski definition) is 12. The minimum absolute atomic E-state index is 0.0261. The first kappa shape index (κ1) is 21.8. The van der Waals surface area contributed by atoms with Gasteiger partial charge in [-0.1, -0.05) is 0 Å². The molecule has 2 aromatic carbocycles. The summed E-state index contributed by atoms with van der Waals surface area (Å²) in [5, 5.41) is 45.5. The molecule has 3 rings (SSSR count). The van der Waals surface area contributed by atoms with Gasteiger partial charge in [0.15, 0.2) is 11.5 Å². The Kier molecular flexibility index (Phi) is 5.44. The number of methoxy groups -OCH3 is 3. The predicted octanol–water partition coefficient (Wildman–Crippen LogP) is 0.747. The summed E-state index contributed by atoms with van der Waals surface area (Å²) in [6, 6.07) is 2.85. The number of phenols is 2. The molecule has 1 heterocycles. The Morgan fingerprint density at radius 2 is 1.45 bits per heavy atom. The largest absolute Gasteiger partial charge is 0.503 e. The molecule has 1 aromatic heterocycles. The summed E-state index contributed by atoms with van der Waals surface area (Å²) in [4.78, 5) is 7.97. The van der Waals surface area contributed by atoms with E-state index in [4.69, 9.17) is 25.7 Å². The van der Waals surface area contributed by atoms with Crippen LogP contribution in [0.25, 0.3) is 10.9 Å². The molecule has 31 heavy (non-hydrogen) atoms. The summed E-state index contributed by atoms with van der Waals surface area (Å²) in [6.45, 7) is 1.57. The number of anilines is 3. The van der Waals surface area contributed by atoms with Crippen LogP contribution in [-0.2, 0) is 5.91 Å². The van der Waals surface area contributed by atoms with Crippen LogP contribution in [0.5, 0.6) is 28.7 Å². The first-order valence-electron chi connectivity index (χ1n) is 8.86. The highest BCUT2D eigenvalue weighted by molar-refractivity contribution is 5.93. The van der Waals surface area contributed by atoms with Crippen LogP contribution < -0.4 is 31.0 Å². The normalized spacial score (nSPS) is 11.4. The van der Waals surface area contributed by atoms with Crippen molar-refractivity contribution in [3.05, 3.63) is 23.3 Å². The molecule has 0 atom stereocenters. The lowest BCUT2D eigenvalue weighted by molar-refractivity contribution is -0.144. The molecule has 0 fully saturated rings. The van der Waals surface area contributed by atoms with Gasteiger partial charge in [-0.2, -0.15) is 4.98 Å². The van der Waals surface area contributed by atoms with Crippen LogP contribution in [0.4, 0.5) is 17.5 Å². The third-order valence-corrected chi connectivity index (χ3v) is 4.77. The number of fused-ring (bicyclic) bond motifs is 1. The summed E-state index contributed by atoms with van der Waals surface area (Å²) < 4.78 is 15.4. The minimum Gasteiger partial charge on any atom is -0.503 e. The Balaban J connectivity index is 2.18. The highest BCUT2D eigenvalue weighted by Gasteiger charge is 2.35. The molecular formula is C19H23N5O7. The van der Waals surface area contributed by atoms with Gasteiger partial charge in [-0.3, -0.25) is 0 Å². The molecule has 12 heteroatoms. The number of aromatic nitrogens is 2. The van der Waals surface area contributed by atoms with Crippen LogP contribution in [0.2, 0.25) is 0 Å². The van der Waals surface area contributed by atoms with Crippen LogP contribution in [0.15, 0.2) is 12.1 Å². The standard InChI is InChI=1S/C19H23N5O7/c1-7-8(5-6-9-10(7)17(20)23-18(21)22-9)19(27,28)24-11-12(25)14(29-2)16(31-4)15(30-3)13(11)26/h5-6,24-28H,1-4H3,(H4,20,21,22,23). The molecule has 0 aliphatic heterocycles. The molecule has 3 aromatic rings. The molecule has 0 aliphatic rings. The monoisotopic (exact) mass is 433 g/mol. The van der Waals surface area contributed by atoms with Gasteiger partial charge in [0.05, 0.1) is 26.8 Å². The number of nitrogens with one attached hydrogen (secondary N) is 1. The number of nitrogens with two attached hydrogens (primary N) is 2. The van der Waals surface area contributed by atoms with E-state index in [0.717, 1.165) is 0 Å². The van der Waals surface area contributed by atoms with E-state index in [2.05, 4.69) is 15.3 Å². The number of aliphatic hydroxyl groups is 2. The fraction of sp³-hybridized carbons (Fsp3) is 0.263. The number of rotatable bonds is 6. The maximum atomic E-state index is 10.8. The first-order chi connectivity index (χ1) is 14.6. The molecule has 0 saturated carbocycles. The molecule has 0 amide bonds. The lowest BCUT2D eigenvalue weighted by Gasteiger charge is -2.28. The molecule has 12 nitrogen and oxygen atoms in total. The molecule has 0 radical (unpaired) electrons. The van der Waals surface area contributed by atoms with Gasteiger partial charge in [0.25, 0.3) is 5.91 Å². The van der Waals surface area contributed by atoms with Crippen LogP contribution in [0.1, 0.15) is 11.1 Å². The van der Waals surface area contributed by atoms with Crippen molar-refractivity contribution in [2.45, 2.75) is 12.8 Å². The van der Waals surface area contributed by atoms with Gasteiger partial charge in [0.1, 0.15) is 11.5 Å². The summed E-state index contributed by atoms with van der Waals surface area (Å²) in [5.41, 5.74) is 11.8. The summed E-state index contributed by atoms with van der Waals surface area (Å²) in [7, 11) is 3.79.